The third-order valence-corrected chi connectivity index (χ3v) is 2.61. The Morgan fingerprint density at radius 1 is 1.69 bits per heavy atom. The maximum Gasteiger partial charge on any atom is 0.0510 e. The predicted molar refractivity (Wildman–Crippen MR) is 51.1 cm³/mol. The van der Waals surface area contributed by atoms with E-state index in [9.17, 15) is 0 Å². The second-order valence-corrected chi connectivity index (χ2v) is 3.53. The monoisotopic (exact) mass is 188 g/mol. The first-order valence-electron chi connectivity index (χ1n) is 4.91. The lowest BCUT2D eigenvalue weighted by Gasteiger charge is -2.20. The van der Waals surface area contributed by atoms with Crippen LogP contribution in [0.25, 0.3) is 0 Å². The highest BCUT2D eigenvalue weighted by Gasteiger charge is 2.24. The SMILES string of the molecule is COCCCC(NN)C1CCOC1. The Kier molecular flexibility index (Phi) is 5.31. The van der Waals surface area contributed by atoms with Crippen molar-refractivity contribution in [1.82, 2.24) is 5.43 Å². The Balaban J connectivity index is 2.16. The van der Waals surface area contributed by atoms with Crippen LogP contribution >= 0.6 is 0 Å². The van der Waals surface area contributed by atoms with Gasteiger partial charge in [-0.25, -0.2) is 0 Å². The molecule has 0 spiro atoms. The standard InChI is InChI=1S/C9H20N2O2/c1-12-5-2-3-9(11-10)8-4-6-13-7-8/h8-9,11H,2-7,10H2,1H3. The number of hydrazine groups is 1. The van der Waals surface area contributed by atoms with Crippen LogP contribution in [0.5, 0.6) is 0 Å². The highest BCUT2D eigenvalue weighted by atomic mass is 16.5. The maximum atomic E-state index is 5.49. The molecule has 4 heteroatoms. The fourth-order valence-corrected chi connectivity index (χ4v) is 1.77. The van der Waals surface area contributed by atoms with Crippen molar-refractivity contribution in [3.63, 3.8) is 0 Å². The van der Waals surface area contributed by atoms with Crippen molar-refractivity contribution in [3.05, 3.63) is 0 Å². The van der Waals surface area contributed by atoms with Crippen LogP contribution in [0.4, 0.5) is 0 Å². The molecule has 1 saturated heterocycles. The Bertz CT molecular complexity index is 127. The smallest absolute Gasteiger partial charge is 0.0510 e. The first-order chi connectivity index (χ1) is 6.38. The molecular weight excluding hydrogens is 168 g/mol. The molecule has 2 unspecified atom stereocenters. The van der Waals surface area contributed by atoms with Crippen molar-refractivity contribution in [2.24, 2.45) is 11.8 Å². The molecule has 1 aliphatic heterocycles. The van der Waals surface area contributed by atoms with Crippen molar-refractivity contribution >= 4 is 0 Å². The Hall–Kier alpha value is -0.160. The van der Waals surface area contributed by atoms with E-state index in [1.807, 2.05) is 0 Å². The van der Waals surface area contributed by atoms with Gasteiger partial charge in [-0.05, 0) is 19.3 Å². The van der Waals surface area contributed by atoms with Crippen molar-refractivity contribution in [3.8, 4) is 0 Å². The molecule has 0 aromatic rings. The number of rotatable bonds is 6. The first kappa shape index (κ1) is 10.9. The minimum atomic E-state index is 0.387. The number of methoxy groups -OCH3 is 1. The fraction of sp³-hybridized carbons (Fsp3) is 1.00. The molecule has 0 bridgehead atoms. The zero-order valence-corrected chi connectivity index (χ0v) is 8.29. The lowest BCUT2D eigenvalue weighted by atomic mass is 9.96. The van der Waals surface area contributed by atoms with E-state index in [4.69, 9.17) is 15.3 Å². The minimum Gasteiger partial charge on any atom is -0.385 e. The van der Waals surface area contributed by atoms with Gasteiger partial charge in [-0.2, -0.15) is 0 Å². The van der Waals surface area contributed by atoms with Crippen molar-refractivity contribution < 1.29 is 9.47 Å². The summed E-state index contributed by atoms with van der Waals surface area (Å²) in [6.45, 7) is 2.54. The number of hydrogen-bond acceptors (Lipinski definition) is 4. The molecule has 0 aromatic carbocycles. The van der Waals surface area contributed by atoms with E-state index in [1.165, 1.54) is 0 Å². The Morgan fingerprint density at radius 2 is 2.54 bits per heavy atom. The van der Waals surface area contributed by atoms with Crippen LogP contribution in [0.3, 0.4) is 0 Å². The molecule has 0 aliphatic carbocycles. The number of ether oxygens (including phenoxy) is 2. The zero-order chi connectivity index (χ0) is 9.52. The molecule has 3 N–H and O–H groups in total. The van der Waals surface area contributed by atoms with Crippen LogP contribution in [-0.4, -0.2) is 33.0 Å². The second-order valence-electron chi connectivity index (χ2n) is 3.53. The minimum absolute atomic E-state index is 0.387. The Morgan fingerprint density at radius 3 is 3.08 bits per heavy atom. The molecule has 1 rings (SSSR count). The quantitative estimate of drug-likeness (QED) is 0.357. The third kappa shape index (κ3) is 3.60. The normalized spacial score (nSPS) is 24.9. The summed E-state index contributed by atoms with van der Waals surface area (Å²) < 4.78 is 10.3. The van der Waals surface area contributed by atoms with Crippen molar-refractivity contribution in [2.75, 3.05) is 26.9 Å². The van der Waals surface area contributed by atoms with Crippen LogP contribution in [0.15, 0.2) is 0 Å². The average molecular weight is 188 g/mol. The second kappa shape index (κ2) is 6.32. The Labute approximate surface area is 79.7 Å². The topological polar surface area (TPSA) is 56.5 Å². The van der Waals surface area contributed by atoms with Crippen LogP contribution in [0.2, 0.25) is 0 Å². The van der Waals surface area contributed by atoms with Gasteiger partial charge in [0.15, 0.2) is 0 Å². The lowest BCUT2D eigenvalue weighted by Crippen LogP contribution is -2.41. The molecule has 0 saturated carbocycles. The molecule has 13 heavy (non-hydrogen) atoms. The van der Waals surface area contributed by atoms with Gasteiger partial charge in [0.25, 0.3) is 0 Å². The highest BCUT2D eigenvalue weighted by molar-refractivity contribution is 4.77. The fourth-order valence-electron chi connectivity index (χ4n) is 1.77. The zero-order valence-electron chi connectivity index (χ0n) is 8.29. The summed E-state index contributed by atoms with van der Waals surface area (Å²) in [5.41, 5.74) is 2.87. The van der Waals surface area contributed by atoms with E-state index in [-0.39, 0.29) is 0 Å². The molecule has 4 nitrogen and oxygen atoms in total. The van der Waals surface area contributed by atoms with Gasteiger partial charge in [0.1, 0.15) is 0 Å². The third-order valence-electron chi connectivity index (χ3n) is 2.61. The van der Waals surface area contributed by atoms with Crippen LogP contribution in [-0.2, 0) is 9.47 Å². The van der Waals surface area contributed by atoms with Crippen molar-refractivity contribution in [2.45, 2.75) is 25.3 Å². The number of nitrogens with one attached hydrogen (secondary N) is 1. The van der Waals surface area contributed by atoms with Gasteiger partial charge in [-0.3, -0.25) is 11.3 Å². The molecular formula is C9H20N2O2. The van der Waals surface area contributed by atoms with Gasteiger partial charge in [-0.1, -0.05) is 0 Å². The summed E-state index contributed by atoms with van der Waals surface area (Å²) in [4.78, 5) is 0. The summed E-state index contributed by atoms with van der Waals surface area (Å²) in [5, 5.41) is 0. The highest BCUT2D eigenvalue weighted by Crippen LogP contribution is 2.19. The molecule has 2 atom stereocenters. The summed E-state index contributed by atoms with van der Waals surface area (Å²) in [6, 6.07) is 0.387. The van der Waals surface area contributed by atoms with Crippen LogP contribution < -0.4 is 11.3 Å². The first-order valence-corrected chi connectivity index (χ1v) is 4.91. The van der Waals surface area contributed by atoms with Gasteiger partial charge >= 0.3 is 0 Å². The van der Waals surface area contributed by atoms with Gasteiger partial charge in [-0.15, -0.1) is 0 Å². The average Bonchev–Trinajstić information content (AvgIpc) is 2.65. The molecule has 1 fully saturated rings. The van der Waals surface area contributed by atoms with Crippen LogP contribution in [0.1, 0.15) is 19.3 Å². The molecule has 0 amide bonds. The molecule has 1 heterocycles. The predicted octanol–water partition coefficient (Wildman–Crippen LogP) is 0.281. The lowest BCUT2D eigenvalue weighted by molar-refractivity contribution is 0.164. The van der Waals surface area contributed by atoms with E-state index in [2.05, 4.69) is 5.43 Å². The summed E-state index contributed by atoms with van der Waals surface area (Å²) >= 11 is 0. The molecule has 78 valence electrons. The van der Waals surface area contributed by atoms with Crippen LogP contribution in [0, 0.1) is 5.92 Å². The van der Waals surface area contributed by atoms with Gasteiger partial charge in [0.05, 0.1) is 6.61 Å². The molecule has 1 aliphatic rings. The van der Waals surface area contributed by atoms with Gasteiger partial charge < -0.3 is 9.47 Å². The van der Waals surface area contributed by atoms with E-state index >= 15 is 0 Å². The summed E-state index contributed by atoms with van der Waals surface area (Å²) in [5.74, 6) is 6.07. The molecule has 0 aromatic heterocycles. The molecule has 0 radical (unpaired) electrons. The largest absolute Gasteiger partial charge is 0.385 e. The van der Waals surface area contributed by atoms with E-state index in [0.717, 1.165) is 39.1 Å². The van der Waals surface area contributed by atoms with E-state index in [1.54, 1.807) is 7.11 Å². The summed E-state index contributed by atoms with van der Waals surface area (Å²) in [7, 11) is 1.73. The number of hydrogen-bond donors (Lipinski definition) is 2. The van der Waals surface area contributed by atoms with Gasteiger partial charge in [0, 0.05) is 32.3 Å². The van der Waals surface area contributed by atoms with E-state index in [0.29, 0.717) is 12.0 Å². The van der Waals surface area contributed by atoms with Gasteiger partial charge in [0.2, 0.25) is 0 Å². The maximum absolute atomic E-state index is 5.49. The van der Waals surface area contributed by atoms with E-state index < -0.39 is 0 Å². The number of nitrogens with two attached hydrogens (primary N) is 1. The summed E-state index contributed by atoms with van der Waals surface area (Å²) in [6.07, 6.45) is 3.25. The van der Waals surface area contributed by atoms with Crippen molar-refractivity contribution in [1.29, 1.82) is 0 Å².